The van der Waals surface area contributed by atoms with Crippen LogP contribution in [0.25, 0.3) is 0 Å². The van der Waals surface area contributed by atoms with Crippen LogP contribution in [0.3, 0.4) is 0 Å². The molecule has 0 rings (SSSR count). The molecule has 0 saturated heterocycles. The first-order valence-electron chi connectivity index (χ1n) is 1.80. The van der Waals surface area contributed by atoms with Crippen LogP contribution in [0.15, 0.2) is 28.9 Å². The van der Waals surface area contributed by atoms with E-state index in [1.165, 1.54) is 0 Å². The van der Waals surface area contributed by atoms with Crippen LogP contribution in [0.2, 0.25) is 0 Å². The van der Waals surface area contributed by atoms with E-state index in [-0.39, 0.29) is 0 Å². The summed E-state index contributed by atoms with van der Waals surface area (Å²) in [6.07, 6.45) is 0. The van der Waals surface area contributed by atoms with Crippen LogP contribution in [0.4, 0.5) is 0 Å². The van der Waals surface area contributed by atoms with Crippen molar-refractivity contribution in [3.05, 3.63) is 23.9 Å². The van der Waals surface area contributed by atoms with Crippen LogP contribution >= 0.6 is 23.8 Å². The van der Waals surface area contributed by atoms with Gasteiger partial charge in [-0.05, 0) is 12.2 Å². The number of hydrogen-bond donors (Lipinski definition) is 0. The highest BCUT2D eigenvalue weighted by Crippen LogP contribution is 2.08. The molecule has 0 aromatic rings. The lowest BCUT2D eigenvalue weighted by Crippen LogP contribution is -1.68. The van der Waals surface area contributed by atoms with Crippen LogP contribution in [0.5, 0.6) is 0 Å². The van der Waals surface area contributed by atoms with Crippen LogP contribution in [-0.2, 0) is 0 Å². The van der Waals surface area contributed by atoms with Crippen molar-refractivity contribution in [1.29, 1.82) is 0 Å². The first-order valence-corrected chi connectivity index (χ1v) is 2.58. The molecule has 0 aromatic heterocycles. The lowest BCUT2D eigenvalue weighted by molar-refractivity contribution is 1.45. The van der Waals surface area contributed by atoms with Crippen molar-refractivity contribution < 1.29 is 0 Å². The number of thiocarbonyl (C=S) groups is 1. The Labute approximate surface area is 58.4 Å². The van der Waals surface area contributed by atoms with Gasteiger partial charge in [0.2, 0.25) is 0 Å². The Morgan fingerprint density at radius 2 is 2.12 bits per heavy atom. The summed E-state index contributed by atoms with van der Waals surface area (Å²) in [6.45, 7) is 6.78. The van der Waals surface area contributed by atoms with E-state index in [2.05, 4.69) is 35.5 Å². The molecule has 0 fully saturated rings. The number of isothiocyanates is 1. The van der Waals surface area contributed by atoms with Crippen molar-refractivity contribution in [2.24, 2.45) is 4.99 Å². The minimum atomic E-state index is 0.294. The molecule has 0 heterocycles. The third-order valence-corrected chi connectivity index (χ3v) is 0.803. The number of allylic oxidation sites excluding steroid dienone is 1. The van der Waals surface area contributed by atoms with Crippen molar-refractivity contribution in [1.82, 2.24) is 0 Å². The number of aliphatic imine (C=N–C) groups is 1. The molecule has 0 unspecified atom stereocenters. The van der Waals surface area contributed by atoms with Gasteiger partial charge in [-0.25, -0.2) is 0 Å². The molecule has 0 radical (unpaired) electrons. The molecule has 42 valence electrons. The normalized spacial score (nSPS) is 7.12. The van der Waals surface area contributed by atoms with Gasteiger partial charge in [0, 0.05) is 0 Å². The zero-order valence-electron chi connectivity index (χ0n) is 4.15. The van der Waals surface area contributed by atoms with E-state index in [9.17, 15) is 0 Å². The van der Waals surface area contributed by atoms with Crippen molar-refractivity contribution in [2.75, 3.05) is 0 Å². The Morgan fingerprint density at radius 3 is 2.25 bits per heavy atom. The SMILES string of the molecule is C=C(Cl)C(=C)N=C=S. The van der Waals surface area contributed by atoms with Gasteiger partial charge in [0.1, 0.15) is 0 Å². The van der Waals surface area contributed by atoms with Crippen LogP contribution in [-0.4, -0.2) is 5.16 Å². The third-order valence-electron chi connectivity index (χ3n) is 0.494. The fourth-order valence-electron chi connectivity index (χ4n) is 0.116. The van der Waals surface area contributed by atoms with Gasteiger partial charge in [-0.1, -0.05) is 24.8 Å². The number of rotatable bonds is 2. The van der Waals surface area contributed by atoms with Gasteiger partial charge in [0.05, 0.1) is 15.9 Å². The quantitative estimate of drug-likeness (QED) is 0.330. The smallest absolute Gasteiger partial charge is 0.0847 e. The predicted molar refractivity (Wildman–Crippen MR) is 39.2 cm³/mol. The molecule has 0 N–H and O–H groups in total. The summed E-state index contributed by atoms with van der Waals surface area (Å²) >= 11 is 9.60. The molecule has 0 bridgehead atoms. The monoisotopic (exact) mass is 145 g/mol. The van der Waals surface area contributed by atoms with E-state index in [1.54, 1.807) is 0 Å². The van der Waals surface area contributed by atoms with E-state index in [1.807, 2.05) is 0 Å². The maximum Gasteiger partial charge on any atom is 0.0847 e. The Bertz CT molecular complexity index is 163. The summed E-state index contributed by atoms with van der Waals surface area (Å²) in [4.78, 5) is 3.46. The van der Waals surface area contributed by atoms with Gasteiger partial charge in [-0.3, -0.25) is 0 Å². The fraction of sp³-hybridized carbons (Fsp3) is 0. The van der Waals surface area contributed by atoms with Gasteiger partial charge < -0.3 is 0 Å². The van der Waals surface area contributed by atoms with Crippen LogP contribution in [0.1, 0.15) is 0 Å². The van der Waals surface area contributed by atoms with E-state index in [0.717, 1.165) is 0 Å². The zero-order valence-corrected chi connectivity index (χ0v) is 5.72. The standard InChI is InChI=1S/C5H4ClNS/c1-4(6)5(2)7-3-8/h1-2H2. The van der Waals surface area contributed by atoms with Crippen molar-refractivity contribution in [3.8, 4) is 0 Å². The Balaban J connectivity index is 4.05. The number of halogens is 1. The lowest BCUT2D eigenvalue weighted by Gasteiger charge is -1.86. The summed E-state index contributed by atoms with van der Waals surface area (Å²) < 4.78 is 0. The molecule has 0 amide bonds. The first-order chi connectivity index (χ1) is 3.68. The lowest BCUT2D eigenvalue weighted by atomic mass is 10.5. The average Bonchev–Trinajstić information content (AvgIpc) is 1.67. The highest BCUT2D eigenvalue weighted by atomic mass is 35.5. The Morgan fingerprint density at radius 1 is 1.62 bits per heavy atom. The number of hydrogen-bond acceptors (Lipinski definition) is 2. The zero-order chi connectivity index (χ0) is 6.57. The second-order valence-corrected chi connectivity index (χ2v) is 1.69. The predicted octanol–water partition coefficient (Wildman–Crippen LogP) is 2.36. The molecular formula is C5H4ClNS. The average molecular weight is 146 g/mol. The molecule has 0 aliphatic heterocycles. The molecule has 1 nitrogen and oxygen atoms in total. The molecular weight excluding hydrogens is 142 g/mol. The van der Waals surface area contributed by atoms with Gasteiger partial charge >= 0.3 is 0 Å². The third kappa shape index (κ3) is 2.69. The van der Waals surface area contributed by atoms with Crippen LogP contribution in [0, 0.1) is 0 Å². The highest BCUT2D eigenvalue weighted by Gasteiger charge is 1.88. The summed E-state index contributed by atoms with van der Waals surface area (Å²) in [7, 11) is 0. The van der Waals surface area contributed by atoms with Crippen LogP contribution < -0.4 is 0 Å². The molecule has 0 saturated carbocycles. The maximum atomic E-state index is 5.33. The molecule has 0 aromatic carbocycles. The summed E-state index contributed by atoms with van der Waals surface area (Å²) in [6, 6.07) is 0. The largest absolute Gasteiger partial charge is 0.194 e. The second-order valence-electron chi connectivity index (χ2n) is 1.05. The Kier molecular flexibility index (Phi) is 3.37. The molecule has 3 heteroatoms. The second kappa shape index (κ2) is 3.56. The van der Waals surface area contributed by atoms with E-state index >= 15 is 0 Å². The minimum Gasteiger partial charge on any atom is -0.194 e. The van der Waals surface area contributed by atoms with Gasteiger partial charge in [0.15, 0.2) is 0 Å². The summed E-state index contributed by atoms with van der Waals surface area (Å²) in [5, 5.41) is 2.41. The minimum absolute atomic E-state index is 0.294. The molecule has 0 aliphatic carbocycles. The van der Waals surface area contributed by atoms with Gasteiger partial charge in [-0.15, -0.1) is 0 Å². The van der Waals surface area contributed by atoms with Gasteiger partial charge in [0.25, 0.3) is 0 Å². The summed E-state index contributed by atoms with van der Waals surface area (Å²) in [5.41, 5.74) is 0.363. The van der Waals surface area contributed by atoms with Crippen molar-refractivity contribution in [2.45, 2.75) is 0 Å². The molecule has 8 heavy (non-hydrogen) atoms. The molecule has 0 atom stereocenters. The van der Waals surface area contributed by atoms with E-state index < -0.39 is 0 Å². The highest BCUT2D eigenvalue weighted by molar-refractivity contribution is 7.78. The van der Waals surface area contributed by atoms with E-state index in [4.69, 9.17) is 11.6 Å². The first kappa shape index (κ1) is 7.57. The van der Waals surface area contributed by atoms with Crippen molar-refractivity contribution in [3.63, 3.8) is 0 Å². The molecule has 0 spiro atoms. The topological polar surface area (TPSA) is 12.4 Å². The molecule has 0 aliphatic rings. The Hall–Kier alpha value is -0.430. The fourth-order valence-corrected chi connectivity index (χ4v) is 0.268. The maximum absolute atomic E-state index is 5.33. The number of nitrogens with zero attached hydrogens (tertiary/aromatic N) is 1. The summed E-state index contributed by atoms with van der Waals surface area (Å²) in [5.74, 6) is 0. The van der Waals surface area contributed by atoms with E-state index in [0.29, 0.717) is 10.7 Å². The van der Waals surface area contributed by atoms with Gasteiger partial charge in [-0.2, -0.15) is 4.99 Å². The van der Waals surface area contributed by atoms with Crippen molar-refractivity contribution >= 4 is 29.0 Å².